The molecule has 0 fully saturated rings. The predicted octanol–water partition coefficient (Wildman–Crippen LogP) is 2.73. The van der Waals surface area contributed by atoms with Crippen LogP contribution in [0.15, 0.2) is 24.3 Å². The van der Waals surface area contributed by atoms with E-state index in [1.165, 1.54) is 11.1 Å². The molecule has 4 heteroatoms. The maximum atomic E-state index is 5.68. The zero-order valence-corrected chi connectivity index (χ0v) is 10.3. The highest BCUT2D eigenvalue weighted by atomic mass is 15.0. The largest absolute Gasteiger partial charge is 0.384 e. The van der Waals surface area contributed by atoms with Gasteiger partial charge in [0.05, 0.1) is 0 Å². The van der Waals surface area contributed by atoms with E-state index in [0.29, 0.717) is 11.6 Å². The number of benzene rings is 1. The number of rotatable bonds is 2. The molecule has 88 valence electrons. The summed E-state index contributed by atoms with van der Waals surface area (Å²) in [5.74, 6) is 1.86. The smallest absolute Gasteiger partial charge is 0.136 e. The Morgan fingerprint density at radius 1 is 1.06 bits per heavy atom. The fourth-order valence-corrected chi connectivity index (χ4v) is 1.75. The number of aromatic nitrogens is 2. The molecular formula is C13H16N4. The minimum absolute atomic E-state index is 0.477. The normalized spacial score (nSPS) is 10.3. The summed E-state index contributed by atoms with van der Waals surface area (Å²) in [5.41, 5.74) is 9.14. The molecule has 1 heterocycles. The van der Waals surface area contributed by atoms with Crippen LogP contribution in [-0.2, 0) is 0 Å². The molecule has 0 unspecified atom stereocenters. The van der Waals surface area contributed by atoms with Crippen LogP contribution in [0.3, 0.4) is 0 Å². The van der Waals surface area contributed by atoms with Crippen molar-refractivity contribution in [1.29, 1.82) is 0 Å². The van der Waals surface area contributed by atoms with Gasteiger partial charge in [-0.25, -0.2) is 9.97 Å². The molecule has 0 bridgehead atoms. The molecule has 0 spiro atoms. The van der Waals surface area contributed by atoms with Crippen molar-refractivity contribution in [2.75, 3.05) is 11.1 Å². The molecule has 17 heavy (non-hydrogen) atoms. The first-order valence-corrected chi connectivity index (χ1v) is 5.50. The molecule has 0 aliphatic carbocycles. The third-order valence-electron chi connectivity index (χ3n) is 2.50. The van der Waals surface area contributed by atoms with Crippen molar-refractivity contribution < 1.29 is 0 Å². The van der Waals surface area contributed by atoms with Gasteiger partial charge < -0.3 is 11.1 Å². The Hall–Kier alpha value is -2.10. The van der Waals surface area contributed by atoms with Crippen molar-refractivity contribution in [2.24, 2.45) is 0 Å². The quantitative estimate of drug-likeness (QED) is 0.829. The highest BCUT2D eigenvalue weighted by molar-refractivity contribution is 5.62. The molecule has 0 saturated carbocycles. The summed E-state index contributed by atoms with van der Waals surface area (Å²) in [7, 11) is 0. The zero-order valence-electron chi connectivity index (χ0n) is 10.3. The molecule has 2 rings (SSSR count). The van der Waals surface area contributed by atoms with Crippen LogP contribution in [-0.4, -0.2) is 9.97 Å². The van der Waals surface area contributed by atoms with E-state index in [4.69, 9.17) is 5.73 Å². The van der Waals surface area contributed by atoms with Gasteiger partial charge in [0.15, 0.2) is 0 Å². The molecule has 0 amide bonds. The summed E-state index contributed by atoms with van der Waals surface area (Å²) in [4.78, 5) is 8.33. The van der Waals surface area contributed by atoms with Crippen LogP contribution in [0, 0.1) is 20.8 Å². The number of nitrogens with zero attached hydrogens (tertiary/aromatic N) is 2. The zero-order chi connectivity index (χ0) is 12.4. The van der Waals surface area contributed by atoms with Gasteiger partial charge in [-0.1, -0.05) is 17.7 Å². The average Bonchev–Trinajstić information content (AvgIpc) is 2.21. The van der Waals surface area contributed by atoms with Crippen molar-refractivity contribution >= 4 is 17.3 Å². The predicted molar refractivity (Wildman–Crippen MR) is 70.4 cm³/mol. The van der Waals surface area contributed by atoms with Crippen LogP contribution < -0.4 is 11.1 Å². The maximum absolute atomic E-state index is 5.68. The van der Waals surface area contributed by atoms with E-state index in [0.717, 1.165) is 11.5 Å². The van der Waals surface area contributed by atoms with Crippen LogP contribution in [0.1, 0.15) is 17.0 Å². The first-order chi connectivity index (χ1) is 8.04. The highest BCUT2D eigenvalue weighted by Crippen LogP contribution is 2.20. The third-order valence-corrected chi connectivity index (χ3v) is 2.50. The Labute approximate surface area is 101 Å². The molecule has 3 N–H and O–H groups in total. The van der Waals surface area contributed by atoms with Crippen molar-refractivity contribution in [1.82, 2.24) is 9.97 Å². The topological polar surface area (TPSA) is 63.8 Å². The SMILES string of the molecule is Cc1ccc(Nc2cc(N)nc(C)n2)c(C)c1. The second-order valence-electron chi connectivity index (χ2n) is 4.17. The van der Waals surface area contributed by atoms with E-state index in [-0.39, 0.29) is 0 Å². The van der Waals surface area contributed by atoms with Crippen molar-refractivity contribution in [3.8, 4) is 0 Å². The molecular weight excluding hydrogens is 212 g/mol. The van der Waals surface area contributed by atoms with Crippen LogP contribution in [0.2, 0.25) is 0 Å². The standard InChI is InChI=1S/C13H16N4/c1-8-4-5-11(9(2)6-8)17-13-7-12(14)15-10(3)16-13/h4-7H,1-3H3,(H3,14,15,16,17). The lowest BCUT2D eigenvalue weighted by Gasteiger charge is -2.10. The lowest BCUT2D eigenvalue weighted by molar-refractivity contribution is 1.06. The highest BCUT2D eigenvalue weighted by Gasteiger charge is 2.02. The molecule has 0 saturated heterocycles. The van der Waals surface area contributed by atoms with Gasteiger partial charge >= 0.3 is 0 Å². The van der Waals surface area contributed by atoms with Gasteiger partial charge in [-0.05, 0) is 32.4 Å². The Morgan fingerprint density at radius 3 is 2.47 bits per heavy atom. The van der Waals surface area contributed by atoms with Gasteiger partial charge in [0.25, 0.3) is 0 Å². The van der Waals surface area contributed by atoms with Gasteiger partial charge in [-0.3, -0.25) is 0 Å². The van der Waals surface area contributed by atoms with Crippen LogP contribution >= 0.6 is 0 Å². The number of hydrogen-bond acceptors (Lipinski definition) is 4. The van der Waals surface area contributed by atoms with Crippen LogP contribution in [0.4, 0.5) is 17.3 Å². The van der Waals surface area contributed by atoms with E-state index >= 15 is 0 Å². The van der Waals surface area contributed by atoms with Crippen molar-refractivity contribution in [3.05, 3.63) is 41.2 Å². The fourth-order valence-electron chi connectivity index (χ4n) is 1.75. The minimum atomic E-state index is 0.477. The molecule has 1 aromatic carbocycles. The van der Waals surface area contributed by atoms with Gasteiger partial charge in [0.2, 0.25) is 0 Å². The molecule has 0 aliphatic rings. The monoisotopic (exact) mass is 228 g/mol. The van der Waals surface area contributed by atoms with Gasteiger partial charge in [0, 0.05) is 11.8 Å². The third kappa shape index (κ3) is 2.72. The molecule has 1 aromatic heterocycles. The molecule has 4 nitrogen and oxygen atoms in total. The van der Waals surface area contributed by atoms with Crippen LogP contribution in [0.5, 0.6) is 0 Å². The number of anilines is 3. The molecule has 0 atom stereocenters. The number of nitrogens with one attached hydrogen (secondary N) is 1. The Kier molecular flexibility index (Phi) is 2.95. The maximum Gasteiger partial charge on any atom is 0.136 e. The summed E-state index contributed by atoms with van der Waals surface area (Å²) in [6.07, 6.45) is 0. The Balaban J connectivity index is 2.31. The summed E-state index contributed by atoms with van der Waals surface area (Å²) in [6.45, 7) is 5.96. The fraction of sp³-hybridized carbons (Fsp3) is 0.231. The van der Waals surface area contributed by atoms with E-state index in [9.17, 15) is 0 Å². The van der Waals surface area contributed by atoms with E-state index in [1.54, 1.807) is 6.07 Å². The summed E-state index contributed by atoms with van der Waals surface area (Å²) in [6, 6.07) is 7.96. The van der Waals surface area contributed by atoms with Crippen LogP contribution in [0.25, 0.3) is 0 Å². The lowest BCUT2D eigenvalue weighted by atomic mass is 10.1. The summed E-state index contributed by atoms with van der Waals surface area (Å²) < 4.78 is 0. The lowest BCUT2D eigenvalue weighted by Crippen LogP contribution is -2.01. The number of nitrogens with two attached hydrogens (primary N) is 1. The average molecular weight is 228 g/mol. The summed E-state index contributed by atoms with van der Waals surface area (Å²) in [5, 5.41) is 3.25. The molecule has 0 aliphatic heterocycles. The minimum Gasteiger partial charge on any atom is -0.384 e. The van der Waals surface area contributed by atoms with Crippen molar-refractivity contribution in [2.45, 2.75) is 20.8 Å². The second-order valence-corrected chi connectivity index (χ2v) is 4.17. The molecule has 0 radical (unpaired) electrons. The number of nitrogen functional groups attached to an aromatic ring is 1. The first-order valence-electron chi connectivity index (χ1n) is 5.50. The molecule has 2 aromatic rings. The Bertz CT molecular complexity index is 529. The van der Waals surface area contributed by atoms with Gasteiger partial charge in [-0.15, -0.1) is 0 Å². The van der Waals surface area contributed by atoms with Gasteiger partial charge in [-0.2, -0.15) is 0 Å². The van der Waals surface area contributed by atoms with Crippen molar-refractivity contribution in [3.63, 3.8) is 0 Å². The van der Waals surface area contributed by atoms with Gasteiger partial charge in [0.1, 0.15) is 17.5 Å². The number of aryl methyl sites for hydroxylation is 3. The van der Waals surface area contributed by atoms with E-state index in [1.807, 2.05) is 13.0 Å². The number of hydrogen-bond donors (Lipinski definition) is 2. The van der Waals surface area contributed by atoms with E-state index in [2.05, 4.69) is 41.3 Å². The Morgan fingerprint density at radius 2 is 1.82 bits per heavy atom. The first kappa shape index (κ1) is 11.4. The van der Waals surface area contributed by atoms with E-state index < -0.39 is 0 Å². The summed E-state index contributed by atoms with van der Waals surface area (Å²) >= 11 is 0. The second kappa shape index (κ2) is 4.41.